The molecule has 4 nitrogen and oxygen atoms in total. The van der Waals surface area contributed by atoms with Gasteiger partial charge in [0.1, 0.15) is 5.82 Å². The van der Waals surface area contributed by atoms with Crippen LogP contribution in [0.15, 0.2) is 24.4 Å². The van der Waals surface area contributed by atoms with E-state index < -0.39 is 0 Å². The lowest BCUT2D eigenvalue weighted by Crippen LogP contribution is -2.35. The summed E-state index contributed by atoms with van der Waals surface area (Å²) in [4.78, 5) is 17.1. The molecule has 0 bridgehead atoms. The van der Waals surface area contributed by atoms with Crippen LogP contribution in [0.5, 0.6) is 0 Å². The van der Waals surface area contributed by atoms with Gasteiger partial charge in [-0.3, -0.25) is 4.79 Å². The number of aromatic amines is 1. The number of aromatic nitrogens is 1. The van der Waals surface area contributed by atoms with Crippen molar-refractivity contribution in [2.75, 3.05) is 13.6 Å². The summed E-state index contributed by atoms with van der Waals surface area (Å²) in [6.07, 6.45) is 4.60. The van der Waals surface area contributed by atoms with Crippen molar-refractivity contribution >= 4 is 16.8 Å². The molecule has 0 aliphatic heterocycles. The number of carbonyl (C=O) groups excluding carboxylic acids is 1. The molecule has 1 heterocycles. The number of amides is 1. The highest BCUT2D eigenvalue weighted by molar-refractivity contribution is 5.88. The summed E-state index contributed by atoms with van der Waals surface area (Å²) in [6, 6.07) is 4.54. The van der Waals surface area contributed by atoms with Crippen molar-refractivity contribution in [3.63, 3.8) is 0 Å². The number of hydrogen-bond donors (Lipinski definition) is 2. The quantitative estimate of drug-likeness (QED) is 0.911. The van der Waals surface area contributed by atoms with Gasteiger partial charge in [0.15, 0.2) is 0 Å². The van der Waals surface area contributed by atoms with Crippen LogP contribution in [0.1, 0.15) is 24.8 Å². The van der Waals surface area contributed by atoms with Gasteiger partial charge in [-0.1, -0.05) is 6.42 Å². The molecule has 0 spiro atoms. The van der Waals surface area contributed by atoms with Gasteiger partial charge in [-0.05, 0) is 36.6 Å². The Kier molecular flexibility index (Phi) is 4.16. The summed E-state index contributed by atoms with van der Waals surface area (Å²) < 4.78 is 13.2. The second-order valence-electron chi connectivity index (χ2n) is 6.21. The van der Waals surface area contributed by atoms with Crippen LogP contribution in [0.2, 0.25) is 0 Å². The van der Waals surface area contributed by atoms with Crippen molar-refractivity contribution in [3.8, 4) is 0 Å². The van der Waals surface area contributed by atoms with E-state index in [1.54, 1.807) is 24.2 Å². The van der Waals surface area contributed by atoms with Gasteiger partial charge in [0.2, 0.25) is 5.91 Å². The number of benzene rings is 1. The number of nitrogens with one attached hydrogen (secondary N) is 1. The van der Waals surface area contributed by atoms with Gasteiger partial charge < -0.3 is 15.0 Å². The van der Waals surface area contributed by atoms with Crippen molar-refractivity contribution in [1.29, 1.82) is 0 Å². The summed E-state index contributed by atoms with van der Waals surface area (Å²) in [5.74, 6) is -0.0881. The van der Waals surface area contributed by atoms with E-state index in [4.69, 9.17) is 0 Å². The number of nitrogens with zero attached hydrogens (tertiary/aromatic N) is 1. The minimum absolute atomic E-state index is 0.0179. The van der Waals surface area contributed by atoms with Gasteiger partial charge in [-0.2, -0.15) is 0 Å². The summed E-state index contributed by atoms with van der Waals surface area (Å²) in [5.41, 5.74) is 1.58. The van der Waals surface area contributed by atoms with Crippen LogP contribution in [0, 0.1) is 11.7 Å². The Morgan fingerprint density at radius 2 is 2.27 bits per heavy atom. The highest BCUT2D eigenvalue weighted by Crippen LogP contribution is 2.26. The van der Waals surface area contributed by atoms with E-state index in [9.17, 15) is 14.3 Å². The second kappa shape index (κ2) is 6.08. The topological polar surface area (TPSA) is 56.3 Å². The molecule has 1 aliphatic carbocycles. The summed E-state index contributed by atoms with van der Waals surface area (Å²) in [5, 5.41) is 10.7. The Bertz CT molecular complexity index is 682. The molecule has 1 amide bonds. The third-order valence-electron chi connectivity index (χ3n) is 4.62. The SMILES string of the molecule is CN(CC1CCCC1O)C(=O)Cc1c[nH]c2cc(F)ccc12. The molecule has 118 valence electrons. The predicted octanol–water partition coefficient (Wildman–Crippen LogP) is 2.47. The summed E-state index contributed by atoms with van der Waals surface area (Å²) in [7, 11) is 1.78. The van der Waals surface area contributed by atoms with Crippen molar-refractivity contribution < 1.29 is 14.3 Å². The molecular weight excluding hydrogens is 283 g/mol. The predicted molar refractivity (Wildman–Crippen MR) is 82.9 cm³/mol. The van der Waals surface area contributed by atoms with E-state index in [0.29, 0.717) is 12.1 Å². The van der Waals surface area contributed by atoms with Crippen molar-refractivity contribution in [3.05, 3.63) is 35.8 Å². The molecule has 0 saturated heterocycles. The van der Waals surface area contributed by atoms with E-state index >= 15 is 0 Å². The van der Waals surface area contributed by atoms with Crippen LogP contribution in [0.25, 0.3) is 10.9 Å². The number of hydrogen-bond acceptors (Lipinski definition) is 2. The molecule has 22 heavy (non-hydrogen) atoms. The van der Waals surface area contributed by atoms with Gasteiger partial charge in [0.25, 0.3) is 0 Å². The number of H-pyrrole nitrogens is 1. The molecule has 3 rings (SSSR count). The molecule has 1 aromatic heterocycles. The maximum absolute atomic E-state index is 13.2. The number of halogens is 1. The Hall–Kier alpha value is -1.88. The standard InChI is InChI=1S/C17H21FN2O2/c1-20(10-11-3-2-4-16(11)21)17(22)7-12-9-19-15-8-13(18)5-6-14(12)15/h5-6,8-9,11,16,19,21H,2-4,7,10H2,1H3. The Morgan fingerprint density at radius 3 is 3.00 bits per heavy atom. The molecule has 2 unspecified atom stereocenters. The lowest BCUT2D eigenvalue weighted by Gasteiger charge is -2.23. The van der Waals surface area contributed by atoms with E-state index in [1.807, 2.05) is 0 Å². The number of fused-ring (bicyclic) bond motifs is 1. The molecule has 1 aromatic carbocycles. The van der Waals surface area contributed by atoms with E-state index in [2.05, 4.69) is 4.98 Å². The van der Waals surface area contributed by atoms with Crippen LogP contribution in [-0.2, 0) is 11.2 Å². The highest BCUT2D eigenvalue weighted by atomic mass is 19.1. The van der Waals surface area contributed by atoms with Gasteiger partial charge in [0, 0.05) is 36.6 Å². The third kappa shape index (κ3) is 2.99. The lowest BCUT2D eigenvalue weighted by atomic mass is 10.0. The van der Waals surface area contributed by atoms with Crippen LogP contribution in [0.3, 0.4) is 0 Å². The zero-order valence-corrected chi connectivity index (χ0v) is 12.7. The molecule has 2 aromatic rings. The average Bonchev–Trinajstić information content (AvgIpc) is 3.06. The minimum atomic E-state index is -0.292. The lowest BCUT2D eigenvalue weighted by molar-refractivity contribution is -0.130. The molecule has 1 fully saturated rings. The molecule has 2 N–H and O–H groups in total. The van der Waals surface area contributed by atoms with Crippen molar-refractivity contribution in [2.24, 2.45) is 5.92 Å². The van der Waals surface area contributed by atoms with Crippen LogP contribution >= 0.6 is 0 Å². The highest BCUT2D eigenvalue weighted by Gasteiger charge is 2.27. The maximum atomic E-state index is 13.2. The Balaban J connectivity index is 1.67. The first-order valence-corrected chi connectivity index (χ1v) is 7.72. The normalized spacial score (nSPS) is 21.4. The zero-order valence-electron chi connectivity index (χ0n) is 12.7. The number of aliphatic hydroxyl groups excluding tert-OH is 1. The van der Waals surface area contributed by atoms with E-state index in [0.717, 1.165) is 30.2 Å². The van der Waals surface area contributed by atoms with Gasteiger partial charge >= 0.3 is 0 Å². The first-order valence-electron chi connectivity index (χ1n) is 7.72. The number of rotatable bonds is 4. The molecule has 5 heteroatoms. The average molecular weight is 304 g/mol. The van der Waals surface area contributed by atoms with Crippen LogP contribution < -0.4 is 0 Å². The number of aliphatic hydroxyl groups is 1. The minimum Gasteiger partial charge on any atom is -0.393 e. The Labute approximate surface area is 128 Å². The van der Waals surface area contributed by atoms with Gasteiger partial charge in [-0.15, -0.1) is 0 Å². The van der Waals surface area contributed by atoms with E-state index in [1.165, 1.54) is 12.1 Å². The molecule has 1 saturated carbocycles. The molecule has 2 atom stereocenters. The maximum Gasteiger partial charge on any atom is 0.226 e. The number of likely N-dealkylation sites (N-methyl/N-ethyl adjacent to an activating group) is 1. The van der Waals surface area contributed by atoms with Crippen molar-refractivity contribution in [2.45, 2.75) is 31.8 Å². The molecule has 0 radical (unpaired) electrons. The summed E-state index contributed by atoms with van der Waals surface area (Å²) >= 11 is 0. The molecular formula is C17H21FN2O2. The zero-order chi connectivity index (χ0) is 15.7. The smallest absolute Gasteiger partial charge is 0.226 e. The van der Waals surface area contributed by atoms with Crippen molar-refractivity contribution in [1.82, 2.24) is 9.88 Å². The fraction of sp³-hybridized carbons (Fsp3) is 0.471. The fourth-order valence-corrected chi connectivity index (χ4v) is 3.29. The van der Waals surface area contributed by atoms with Crippen LogP contribution in [0.4, 0.5) is 4.39 Å². The summed E-state index contributed by atoms with van der Waals surface area (Å²) in [6.45, 7) is 0.594. The largest absolute Gasteiger partial charge is 0.393 e. The van der Waals surface area contributed by atoms with E-state index in [-0.39, 0.29) is 30.2 Å². The van der Waals surface area contributed by atoms with Crippen LogP contribution in [-0.4, -0.2) is 40.6 Å². The first-order chi connectivity index (χ1) is 10.5. The van der Waals surface area contributed by atoms with Gasteiger partial charge in [-0.25, -0.2) is 4.39 Å². The van der Waals surface area contributed by atoms with Gasteiger partial charge in [0.05, 0.1) is 12.5 Å². The number of carbonyl (C=O) groups is 1. The first kappa shape index (κ1) is 15.0. The monoisotopic (exact) mass is 304 g/mol. The second-order valence-corrected chi connectivity index (χ2v) is 6.21. The third-order valence-corrected chi connectivity index (χ3v) is 4.62. The Morgan fingerprint density at radius 1 is 1.45 bits per heavy atom. The fourth-order valence-electron chi connectivity index (χ4n) is 3.29. The molecule has 1 aliphatic rings.